The Balaban J connectivity index is 1.78. The van der Waals surface area contributed by atoms with E-state index in [1.165, 1.54) is 17.2 Å². The first kappa shape index (κ1) is 16.0. The van der Waals surface area contributed by atoms with Gasteiger partial charge < -0.3 is 14.5 Å². The van der Waals surface area contributed by atoms with E-state index in [0.717, 1.165) is 18.9 Å². The molecule has 23 heavy (non-hydrogen) atoms. The van der Waals surface area contributed by atoms with Gasteiger partial charge in [-0.25, -0.2) is 4.98 Å². The number of aromatic nitrogens is 1. The molecule has 2 aliphatic rings. The molecule has 0 aromatic carbocycles. The predicted octanol–water partition coefficient (Wildman–Crippen LogP) is 1.93. The van der Waals surface area contributed by atoms with Gasteiger partial charge in [-0.3, -0.25) is 4.79 Å². The van der Waals surface area contributed by atoms with E-state index in [0.29, 0.717) is 13.1 Å². The van der Waals surface area contributed by atoms with Crippen molar-refractivity contribution < 1.29 is 22.7 Å². The van der Waals surface area contributed by atoms with Gasteiger partial charge in [-0.15, -0.1) is 0 Å². The van der Waals surface area contributed by atoms with Gasteiger partial charge in [0.2, 0.25) is 0 Å². The molecule has 8 heteroatoms. The van der Waals surface area contributed by atoms with Gasteiger partial charge >= 0.3 is 6.18 Å². The topological polar surface area (TPSA) is 45.7 Å². The third-order valence-electron chi connectivity index (χ3n) is 4.15. The number of ether oxygens (including phenoxy) is 1. The average molecular weight is 329 g/mol. The summed E-state index contributed by atoms with van der Waals surface area (Å²) >= 11 is 0. The number of pyridine rings is 1. The summed E-state index contributed by atoms with van der Waals surface area (Å²) in [6, 6.07) is 2.27. The van der Waals surface area contributed by atoms with E-state index >= 15 is 0 Å². The first-order chi connectivity index (χ1) is 11.0. The van der Waals surface area contributed by atoms with Crippen LogP contribution in [0.5, 0.6) is 0 Å². The summed E-state index contributed by atoms with van der Waals surface area (Å²) in [5.74, 6) is -0.279. The highest BCUT2D eigenvalue weighted by Crippen LogP contribution is 2.35. The maximum absolute atomic E-state index is 13.1. The lowest BCUT2D eigenvalue weighted by Crippen LogP contribution is -2.51. The summed E-state index contributed by atoms with van der Waals surface area (Å²) in [7, 11) is 0. The number of carbonyl (C=O) groups is 1. The normalized spacial score (nSPS) is 22.5. The molecule has 5 nitrogen and oxygen atoms in total. The minimum Gasteiger partial charge on any atom is -0.365 e. The van der Waals surface area contributed by atoms with Crippen LogP contribution in [0.15, 0.2) is 18.3 Å². The first-order valence-corrected chi connectivity index (χ1v) is 7.64. The second-order valence-corrected chi connectivity index (χ2v) is 5.71. The molecular formula is C15H18F3N3O2. The molecular weight excluding hydrogens is 311 g/mol. The van der Waals surface area contributed by atoms with E-state index in [1.54, 1.807) is 4.90 Å². The van der Waals surface area contributed by atoms with Crippen LogP contribution in [0.1, 0.15) is 18.4 Å². The molecule has 126 valence electrons. The van der Waals surface area contributed by atoms with E-state index in [-0.39, 0.29) is 31.4 Å². The van der Waals surface area contributed by atoms with E-state index in [4.69, 9.17) is 4.74 Å². The number of carbonyl (C=O) groups excluding carboxylic acids is 1. The fourth-order valence-corrected chi connectivity index (χ4v) is 3.00. The molecule has 2 aliphatic heterocycles. The Bertz CT molecular complexity index is 573. The summed E-state index contributed by atoms with van der Waals surface area (Å²) in [5.41, 5.74) is -0.783. The van der Waals surface area contributed by atoms with Crippen molar-refractivity contribution in [3.63, 3.8) is 0 Å². The van der Waals surface area contributed by atoms with E-state index < -0.39 is 17.8 Å². The van der Waals surface area contributed by atoms with Crippen LogP contribution in [0.25, 0.3) is 0 Å². The number of halogens is 3. The number of morpholine rings is 1. The summed E-state index contributed by atoms with van der Waals surface area (Å²) in [4.78, 5) is 19.5. The summed E-state index contributed by atoms with van der Waals surface area (Å²) in [6.45, 7) is 1.96. The number of nitrogens with zero attached hydrogens (tertiary/aromatic N) is 3. The third-order valence-corrected chi connectivity index (χ3v) is 4.15. The highest BCUT2D eigenvalue weighted by atomic mass is 19.4. The van der Waals surface area contributed by atoms with Crippen LogP contribution >= 0.6 is 0 Å². The number of anilines is 1. The van der Waals surface area contributed by atoms with Gasteiger partial charge in [-0.1, -0.05) is 0 Å². The number of hydrogen-bond acceptors (Lipinski definition) is 4. The van der Waals surface area contributed by atoms with Gasteiger partial charge in [0.25, 0.3) is 5.91 Å². The average Bonchev–Trinajstić information content (AvgIpc) is 3.08. The van der Waals surface area contributed by atoms with Crippen LogP contribution in [-0.2, 0) is 15.7 Å². The smallest absolute Gasteiger partial charge is 0.365 e. The monoisotopic (exact) mass is 329 g/mol. The van der Waals surface area contributed by atoms with E-state index in [1.807, 2.05) is 0 Å². The molecule has 0 aliphatic carbocycles. The number of likely N-dealkylation sites (tertiary alicyclic amines) is 1. The lowest BCUT2D eigenvalue weighted by atomic mass is 10.2. The number of hydrogen-bond donors (Lipinski definition) is 0. The van der Waals surface area contributed by atoms with Crippen LogP contribution < -0.4 is 4.90 Å². The molecule has 2 saturated heterocycles. The van der Waals surface area contributed by atoms with Crippen molar-refractivity contribution in [2.75, 3.05) is 37.7 Å². The molecule has 1 aromatic heterocycles. The fourth-order valence-electron chi connectivity index (χ4n) is 3.00. The molecule has 0 spiro atoms. The van der Waals surface area contributed by atoms with Crippen LogP contribution in [0.4, 0.5) is 19.0 Å². The molecule has 1 unspecified atom stereocenters. The van der Waals surface area contributed by atoms with Crippen LogP contribution in [0, 0.1) is 0 Å². The molecule has 3 heterocycles. The minimum atomic E-state index is -4.48. The van der Waals surface area contributed by atoms with Crippen molar-refractivity contribution in [1.29, 1.82) is 0 Å². The SMILES string of the molecule is O=C(C1CN(c2ncccc2C(F)(F)F)CCO1)N1CCCC1. The number of amides is 1. The summed E-state index contributed by atoms with van der Waals surface area (Å²) < 4.78 is 44.9. The lowest BCUT2D eigenvalue weighted by Gasteiger charge is -2.35. The zero-order chi connectivity index (χ0) is 16.4. The van der Waals surface area contributed by atoms with Crippen LogP contribution in [-0.4, -0.2) is 54.7 Å². The van der Waals surface area contributed by atoms with E-state index in [2.05, 4.69) is 4.98 Å². The summed E-state index contributed by atoms with van der Waals surface area (Å²) in [6.07, 6.45) is -1.96. The minimum absolute atomic E-state index is 0.0927. The van der Waals surface area contributed by atoms with Gasteiger partial charge in [0, 0.05) is 25.8 Å². The zero-order valence-electron chi connectivity index (χ0n) is 12.6. The van der Waals surface area contributed by atoms with Gasteiger partial charge in [0.05, 0.1) is 18.7 Å². The zero-order valence-corrected chi connectivity index (χ0v) is 12.6. The third kappa shape index (κ3) is 3.41. The first-order valence-electron chi connectivity index (χ1n) is 7.64. The Labute approximate surface area is 132 Å². The molecule has 1 amide bonds. The Hall–Kier alpha value is -1.83. The van der Waals surface area contributed by atoms with Crippen LogP contribution in [0.3, 0.4) is 0 Å². The Morgan fingerprint density at radius 2 is 2.00 bits per heavy atom. The Kier molecular flexibility index (Phi) is 4.43. The molecule has 2 fully saturated rings. The second kappa shape index (κ2) is 6.35. The van der Waals surface area contributed by atoms with Gasteiger partial charge in [-0.05, 0) is 25.0 Å². The molecule has 1 atom stereocenters. The largest absolute Gasteiger partial charge is 0.419 e. The van der Waals surface area contributed by atoms with Gasteiger partial charge in [0.15, 0.2) is 6.10 Å². The van der Waals surface area contributed by atoms with E-state index in [9.17, 15) is 18.0 Å². The van der Waals surface area contributed by atoms with Crippen molar-refractivity contribution in [3.05, 3.63) is 23.9 Å². The molecule has 0 radical (unpaired) electrons. The lowest BCUT2D eigenvalue weighted by molar-refractivity contribution is -0.143. The molecule has 0 N–H and O–H groups in total. The maximum atomic E-state index is 13.1. The summed E-state index contributed by atoms with van der Waals surface area (Å²) in [5, 5.41) is 0. The molecule has 0 saturated carbocycles. The Morgan fingerprint density at radius 1 is 1.26 bits per heavy atom. The van der Waals surface area contributed by atoms with Crippen molar-refractivity contribution >= 4 is 11.7 Å². The van der Waals surface area contributed by atoms with Crippen molar-refractivity contribution in [1.82, 2.24) is 9.88 Å². The van der Waals surface area contributed by atoms with Crippen molar-refractivity contribution in [3.8, 4) is 0 Å². The fraction of sp³-hybridized carbons (Fsp3) is 0.600. The quantitative estimate of drug-likeness (QED) is 0.832. The maximum Gasteiger partial charge on any atom is 0.419 e. The van der Waals surface area contributed by atoms with Crippen molar-refractivity contribution in [2.24, 2.45) is 0 Å². The number of alkyl halides is 3. The molecule has 0 bridgehead atoms. The standard InChI is InChI=1S/C15H18F3N3O2/c16-15(17,18)11-4-3-5-19-13(11)21-8-9-23-12(10-21)14(22)20-6-1-2-7-20/h3-5,12H,1-2,6-10H2. The van der Waals surface area contributed by atoms with Crippen LogP contribution in [0.2, 0.25) is 0 Å². The van der Waals surface area contributed by atoms with Gasteiger partial charge in [-0.2, -0.15) is 13.2 Å². The number of rotatable bonds is 2. The van der Waals surface area contributed by atoms with Crippen molar-refractivity contribution in [2.45, 2.75) is 25.1 Å². The highest BCUT2D eigenvalue weighted by molar-refractivity contribution is 5.82. The second-order valence-electron chi connectivity index (χ2n) is 5.71. The molecule has 1 aromatic rings. The highest BCUT2D eigenvalue weighted by Gasteiger charge is 2.38. The Morgan fingerprint density at radius 3 is 2.70 bits per heavy atom. The molecule has 3 rings (SSSR count). The predicted molar refractivity (Wildman–Crippen MR) is 77.0 cm³/mol. The van der Waals surface area contributed by atoms with Gasteiger partial charge in [0.1, 0.15) is 5.82 Å².